The lowest BCUT2D eigenvalue weighted by molar-refractivity contribution is -0.124. The minimum Gasteiger partial charge on any atom is -0.394 e. The Morgan fingerprint density at radius 1 is 1.73 bits per heavy atom. The average molecular weight is 160 g/mol. The van der Waals surface area contributed by atoms with E-state index in [0.29, 0.717) is 0 Å². The third kappa shape index (κ3) is 3.95. The molecule has 0 saturated heterocycles. The Kier molecular flexibility index (Phi) is 3.48. The topological polar surface area (TPSA) is 75.4 Å². The number of nitrogens with one attached hydrogen (secondary N) is 1. The van der Waals surface area contributed by atoms with E-state index in [1.807, 2.05) is 0 Å². The lowest BCUT2D eigenvalue weighted by atomic mass is 10.1. The number of amides is 1. The highest BCUT2D eigenvalue weighted by Gasteiger charge is 2.20. The molecule has 0 aromatic carbocycles. The number of aliphatic hydroxyl groups is 1. The highest BCUT2D eigenvalue weighted by atomic mass is 16.3. The summed E-state index contributed by atoms with van der Waals surface area (Å²) >= 11 is 0. The van der Waals surface area contributed by atoms with Gasteiger partial charge < -0.3 is 16.2 Å². The Morgan fingerprint density at radius 2 is 2.18 bits per heavy atom. The van der Waals surface area contributed by atoms with Crippen LogP contribution in [-0.4, -0.2) is 29.2 Å². The summed E-state index contributed by atoms with van der Waals surface area (Å²) in [6.45, 7) is 4.97. The van der Waals surface area contributed by atoms with Crippen LogP contribution in [0.25, 0.3) is 0 Å². The van der Waals surface area contributed by atoms with E-state index < -0.39 is 11.6 Å². The number of nitrogens with two attached hydrogens (primary N) is 1. The standard InChI is InChI=1S/C7H16N2O2/c1-5(8)6(11)9-7(2,3)4-10/h5,10H,4,8H2,1-3H3,(H,9,11)/t5-/m1/s1. The fourth-order valence-corrected chi connectivity index (χ4v) is 0.487. The molecule has 0 aliphatic rings. The number of rotatable bonds is 3. The van der Waals surface area contributed by atoms with Gasteiger partial charge in [0.1, 0.15) is 0 Å². The molecule has 0 fully saturated rings. The van der Waals surface area contributed by atoms with Crippen molar-refractivity contribution in [3.63, 3.8) is 0 Å². The number of carbonyl (C=O) groups is 1. The van der Waals surface area contributed by atoms with Gasteiger partial charge in [0, 0.05) is 0 Å². The zero-order chi connectivity index (χ0) is 9.07. The molecule has 1 amide bonds. The smallest absolute Gasteiger partial charge is 0.237 e. The van der Waals surface area contributed by atoms with Gasteiger partial charge in [-0.2, -0.15) is 0 Å². The summed E-state index contributed by atoms with van der Waals surface area (Å²) in [4.78, 5) is 11.0. The molecule has 0 aliphatic heterocycles. The SMILES string of the molecule is C[C@@H](N)C(=O)NC(C)(C)CO. The molecule has 0 aromatic rings. The molecule has 0 rings (SSSR count). The van der Waals surface area contributed by atoms with Gasteiger partial charge in [0.05, 0.1) is 18.2 Å². The molecule has 0 radical (unpaired) electrons. The zero-order valence-corrected chi connectivity index (χ0v) is 7.22. The molecule has 4 N–H and O–H groups in total. The van der Waals surface area contributed by atoms with Crippen molar-refractivity contribution < 1.29 is 9.90 Å². The van der Waals surface area contributed by atoms with Gasteiger partial charge in [-0.3, -0.25) is 4.79 Å². The summed E-state index contributed by atoms with van der Waals surface area (Å²) in [6.07, 6.45) is 0. The summed E-state index contributed by atoms with van der Waals surface area (Å²) < 4.78 is 0. The van der Waals surface area contributed by atoms with Crippen molar-refractivity contribution in [2.45, 2.75) is 32.4 Å². The maximum Gasteiger partial charge on any atom is 0.237 e. The molecular weight excluding hydrogens is 144 g/mol. The van der Waals surface area contributed by atoms with Crippen LogP contribution in [0.3, 0.4) is 0 Å². The number of aliphatic hydroxyl groups excluding tert-OH is 1. The number of carbonyl (C=O) groups excluding carboxylic acids is 1. The van der Waals surface area contributed by atoms with Gasteiger partial charge in [-0.1, -0.05) is 0 Å². The first-order valence-corrected chi connectivity index (χ1v) is 3.57. The number of hydrogen-bond donors (Lipinski definition) is 3. The predicted molar refractivity (Wildman–Crippen MR) is 43.0 cm³/mol. The average Bonchev–Trinajstić information content (AvgIpc) is 1.87. The predicted octanol–water partition coefficient (Wildman–Crippen LogP) is -0.779. The normalized spacial score (nSPS) is 14.3. The first-order valence-electron chi connectivity index (χ1n) is 3.57. The molecule has 66 valence electrons. The van der Waals surface area contributed by atoms with Gasteiger partial charge in [0.15, 0.2) is 0 Å². The van der Waals surface area contributed by atoms with Crippen LogP contribution in [0, 0.1) is 0 Å². The fourth-order valence-electron chi connectivity index (χ4n) is 0.487. The van der Waals surface area contributed by atoms with Gasteiger partial charge in [-0.25, -0.2) is 0 Å². The first kappa shape index (κ1) is 10.4. The van der Waals surface area contributed by atoms with E-state index in [2.05, 4.69) is 5.32 Å². The minimum absolute atomic E-state index is 0.0918. The van der Waals surface area contributed by atoms with Gasteiger partial charge in [0.25, 0.3) is 0 Å². The van der Waals surface area contributed by atoms with Crippen LogP contribution in [0.1, 0.15) is 20.8 Å². The van der Waals surface area contributed by atoms with Gasteiger partial charge in [-0.15, -0.1) is 0 Å². The van der Waals surface area contributed by atoms with Gasteiger partial charge >= 0.3 is 0 Å². The summed E-state index contributed by atoms with van der Waals surface area (Å²) in [5.41, 5.74) is 4.73. The second kappa shape index (κ2) is 3.69. The van der Waals surface area contributed by atoms with E-state index >= 15 is 0 Å². The molecule has 0 unspecified atom stereocenters. The van der Waals surface area contributed by atoms with Crippen LogP contribution in [0.15, 0.2) is 0 Å². The van der Waals surface area contributed by atoms with Gasteiger partial charge in [0.2, 0.25) is 5.91 Å². The summed E-state index contributed by atoms with van der Waals surface area (Å²) in [6, 6.07) is -0.527. The molecular formula is C7H16N2O2. The van der Waals surface area contributed by atoms with Crippen LogP contribution >= 0.6 is 0 Å². The second-order valence-electron chi connectivity index (χ2n) is 3.32. The van der Waals surface area contributed by atoms with E-state index in [1.54, 1.807) is 20.8 Å². The molecule has 0 aliphatic carbocycles. The fraction of sp³-hybridized carbons (Fsp3) is 0.857. The summed E-state index contributed by atoms with van der Waals surface area (Å²) in [5.74, 6) is -0.246. The van der Waals surface area contributed by atoms with E-state index in [9.17, 15) is 4.79 Å². The van der Waals surface area contributed by atoms with Crippen molar-refractivity contribution in [1.29, 1.82) is 0 Å². The van der Waals surface area contributed by atoms with Crippen LogP contribution in [0.5, 0.6) is 0 Å². The largest absolute Gasteiger partial charge is 0.394 e. The molecule has 4 heteroatoms. The van der Waals surface area contributed by atoms with E-state index in [4.69, 9.17) is 10.8 Å². The quantitative estimate of drug-likeness (QED) is 0.507. The van der Waals surface area contributed by atoms with Crippen molar-refractivity contribution in [2.75, 3.05) is 6.61 Å². The van der Waals surface area contributed by atoms with Crippen LogP contribution in [0.4, 0.5) is 0 Å². The molecule has 4 nitrogen and oxygen atoms in total. The molecule has 0 spiro atoms. The Morgan fingerprint density at radius 3 is 2.45 bits per heavy atom. The third-order valence-corrected chi connectivity index (χ3v) is 1.27. The van der Waals surface area contributed by atoms with Crippen molar-refractivity contribution in [3.8, 4) is 0 Å². The van der Waals surface area contributed by atoms with Crippen molar-refractivity contribution in [3.05, 3.63) is 0 Å². The first-order chi connectivity index (χ1) is 4.89. The van der Waals surface area contributed by atoms with Crippen LogP contribution < -0.4 is 11.1 Å². The molecule has 0 saturated carbocycles. The van der Waals surface area contributed by atoms with E-state index in [1.165, 1.54) is 0 Å². The molecule has 0 heterocycles. The van der Waals surface area contributed by atoms with Crippen LogP contribution in [-0.2, 0) is 4.79 Å². The minimum atomic E-state index is -0.579. The lowest BCUT2D eigenvalue weighted by Gasteiger charge is -2.24. The second-order valence-corrected chi connectivity index (χ2v) is 3.32. The molecule has 0 bridgehead atoms. The summed E-state index contributed by atoms with van der Waals surface area (Å²) in [5, 5.41) is 11.4. The van der Waals surface area contributed by atoms with Crippen molar-refractivity contribution in [1.82, 2.24) is 5.32 Å². The third-order valence-electron chi connectivity index (χ3n) is 1.27. The Hall–Kier alpha value is -0.610. The Bertz CT molecular complexity index is 143. The van der Waals surface area contributed by atoms with E-state index in [0.717, 1.165) is 0 Å². The van der Waals surface area contributed by atoms with Crippen molar-refractivity contribution in [2.24, 2.45) is 5.73 Å². The maximum atomic E-state index is 11.0. The Balaban J connectivity index is 3.94. The molecule has 0 aromatic heterocycles. The zero-order valence-electron chi connectivity index (χ0n) is 7.22. The Labute approximate surface area is 66.8 Å². The van der Waals surface area contributed by atoms with Gasteiger partial charge in [-0.05, 0) is 20.8 Å². The highest BCUT2D eigenvalue weighted by molar-refractivity contribution is 5.81. The van der Waals surface area contributed by atoms with Crippen LogP contribution in [0.2, 0.25) is 0 Å². The number of hydrogen-bond acceptors (Lipinski definition) is 3. The lowest BCUT2D eigenvalue weighted by Crippen LogP contribution is -2.51. The van der Waals surface area contributed by atoms with Crippen molar-refractivity contribution >= 4 is 5.91 Å². The summed E-state index contributed by atoms with van der Waals surface area (Å²) in [7, 11) is 0. The molecule has 11 heavy (non-hydrogen) atoms. The maximum absolute atomic E-state index is 11.0. The monoisotopic (exact) mass is 160 g/mol. The van der Waals surface area contributed by atoms with E-state index in [-0.39, 0.29) is 12.5 Å². The highest BCUT2D eigenvalue weighted by Crippen LogP contribution is 1.99. The molecule has 1 atom stereocenters.